The van der Waals surface area contributed by atoms with Crippen molar-refractivity contribution in [2.45, 2.75) is 31.1 Å². The monoisotopic (exact) mass is 557 g/mol. The Morgan fingerprint density at radius 1 is 0.829 bits per heavy atom. The van der Waals surface area contributed by atoms with Gasteiger partial charge in [-0.05, 0) is 72.0 Å². The molecule has 41 heavy (non-hydrogen) atoms. The van der Waals surface area contributed by atoms with Crippen molar-refractivity contribution in [3.63, 3.8) is 0 Å². The van der Waals surface area contributed by atoms with Crippen molar-refractivity contribution < 1.29 is 22.8 Å². The first-order valence-corrected chi connectivity index (χ1v) is 13.5. The van der Waals surface area contributed by atoms with Gasteiger partial charge in [-0.3, -0.25) is 4.79 Å². The van der Waals surface area contributed by atoms with Crippen molar-refractivity contribution in [2.24, 2.45) is 0 Å². The summed E-state index contributed by atoms with van der Waals surface area (Å²) in [6.07, 6.45) is -1.67. The molecule has 0 radical (unpaired) electrons. The molecule has 2 N–H and O–H groups in total. The van der Waals surface area contributed by atoms with Gasteiger partial charge in [-0.2, -0.15) is 13.2 Å². The van der Waals surface area contributed by atoms with Crippen LogP contribution >= 0.6 is 0 Å². The van der Waals surface area contributed by atoms with Gasteiger partial charge in [0.15, 0.2) is 0 Å². The smallest absolute Gasteiger partial charge is 0.371 e. The number of aldehydes is 1. The second-order valence-corrected chi connectivity index (χ2v) is 10.1. The largest absolute Gasteiger partial charge is 0.416 e. The molecule has 1 aliphatic rings. The van der Waals surface area contributed by atoms with E-state index in [9.17, 15) is 22.8 Å². The molecule has 0 aliphatic carbocycles. The van der Waals surface area contributed by atoms with E-state index in [1.165, 1.54) is 12.1 Å². The Morgan fingerprint density at radius 2 is 1.46 bits per heavy atom. The number of anilines is 2. The highest BCUT2D eigenvalue weighted by atomic mass is 19.4. The molecule has 1 atom stereocenters. The number of hydrogen-bond acceptors (Lipinski definition) is 4. The number of carbonyl (C=O) groups excluding carboxylic acids is 2. The summed E-state index contributed by atoms with van der Waals surface area (Å²) in [6, 6.07) is 28.9. The van der Waals surface area contributed by atoms with Crippen molar-refractivity contribution >= 4 is 23.6 Å². The molecule has 1 heterocycles. The van der Waals surface area contributed by atoms with Gasteiger partial charge in [0, 0.05) is 36.1 Å². The van der Waals surface area contributed by atoms with Crippen molar-refractivity contribution in [1.82, 2.24) is 5.32 Å². The van der Waals surface area contributed by atoms with Crippen LogP contribution in [0.15, 0.2) is 103 Å². The fraction of sp³-hybridized carbons (Fsp3) is 0.212. The topological polar surface area (TPSA) is 61.4 Å². The first kappa shape index (κ1) is 28.1. The summed E-state index contributed by atoms with van der Waals surface area (Å²) in [5.41, 5.74) is 3.34. The molecule has 5 nitrogen and oxygen atoms in total. The van der Waals surface area contributed by atoms with Crippen LogP contribution in [0.5, 0.6) is 0 Å². The zero-order chi connectivity index (χ0) is 28.8. The van der Waals surface area contributed by atoms with Crippen molar-refractivity contribution in [1.29, 1.82) is 0 Å². The predicted octanol–water partition coefficient (Wildman–Crippen LogP) is 7.12. The third-order valence-corrected chi connectivity index (χ3v) is 7.39. The minimum atomic E-state index is -4.42. The van der Waals surface area contributed by atoms with E-state index in [0.29, 0.717) is 22.4 Å². The summed E-state index contributed by atoms with van der Waals surface area (Å²) >= 11 is 0. The lowest BCUT2D eigenvalue weighted by Gasteiger charge is -2.35. The van der Waals surface area contributed by atoms with Crippen LogP contribution in [0, 0.1) is 0 Å². The molecule has 1 amide bonds. The van der Waals surface area contributed by atoms with E-state index in [-0.39, 0.29) is 18.0 Å². The quantitative estimate of drug-likeness (QED) is 0.227. The van der Waals surface area contributed by atoms with E-state index in [4.69, 9.17) is 0 Å². The summed E-state index contributed by atoms with van der Waals surface area (Å²) in [6.45, 7) is 1.68. The Morgan fingerprint density at radius 3 is 2.10 bits per heavy atom. The summed E-state index contributed by atoms with van der Waals surface area (Å²) in [5.74, 6) is -0.344. The fourth-order valence-corrected chi connectivity index (χ4v) is 5.16. The van der Waals surface area contributed by atoms with Crippen LogP contribution in [-0.2, 0) is 11.0 Å². The number of benzene rings is 4. The second kappa shape index (κ2) is 12.4. The normalized spacial score (nSPS) is 14.9. The summed E-state index contributed by atoms with van der Waals surface area (Å²) in [5, 5.41) is 6.38. The van der Waals surface area contributed by atoms with E-state index < -0.39 is 11.7 Å². The molecule has 0 bridgehead atoms. The maximum Gasteiger partial charge on any atom is 0.416 e. The molecule has 4 aromatic rings. The minimum absolute atomic E-state index is 0.241. The molecular formula is C33H30F3N3O2. The number of alkyl halides is 3. The molecule has 1 saturated heterocycles. The number of hydrogen-bond donors (Lipinski definition) is 2. The number of nitrogens with one attached hydrogen (secondary N) is 2. The Bertz CT molecular complexity index is 1460. The van der Waals surface area contributed by atoms with E-state index in [0.717, 1.165) is 55.6 Å². The average Bonchev–Trinajstić information content (AvgIpc) is 3.00. The van der Waals surface area contributed by atoms with Crippen LogP contribution in [0.2, 0.25) is 0 Å². The number of rotatable bonds is 8. The van der Waals surface area contributed by atoms with Crippen LogP contribution in [0.3, 0.4) is 0 Å². The highest BCUT2D eigenvalue weighted by molar-refractivity contribution is 6.08. The maximum atomic E-state index is 13.1. The van der Waals surface area contributed by atoms with E-state index >= 15 is 0 Å². The standard InChI is InChI=1S/C33H30F3N3O2/c34-33(35,36)25-12-10-23(11-13-25)29-8-4-5-9-30(29)32(41)38-26-14-16-28(17-15-26)39-20-18-27(19-21-39)37-31(22-40)24-6-2-1-3-7-24/h1-17,22,27,31,37H,18-21H2,(H,38,41). The van der Waals surface area contributed by atoms with E-state index in [1.54, 1.807) is 24.3 Å². The molecule has 4 aromatic carbocycles. The number of amides is 1. The van der Waals surface area contributed by atoms with Gasteiger partial charge in [0.1, 0.15) is 6.29 Å². The SMILES string of the molecule is O=CC(NC1CCN(c2ccc(NC(=O)c3ccccc3-c3ccc(C(F)(F)F)cc3)cc2)CC1)c1ccccc1. The molecule has 1 aliphatic heterocycles. The number of piperidine rings is 1. The fourth-order valence-electron chi connectivity index (χ4n) is 5.16. The van der Waals surface area contributed by atoms with Gasteiger partial charge in [0.2, 0.25) is 0 Å². The highest BCUT2D eigenvalue weighted by Crippen LogP contribution is 2.32. The molecular weight excluding hydrogens is 527 g/mol. The summed E-state index contributed by atoms with van der Waals surface area (Å²) < 4.78 is 38.9. The molecule has 1 unspecified atom stereocenters. The molecule has 8 heteroatoms. The van der Waals surface area contributed by atoms with Gasteiger partial charge in [0.25, 0.3) is 5.91 Å². The Kier molecular flexibility index (Phi) is 8.50. The summed E-state index contributed by atoms with van der Waals surface area (Å²) in [4.78, 5) is 27.1. The summed E-state index contributed by atoms with van der Waals surface area (Å²) in [7, 11) is 0. The van der Waals surface area contributed by atoms with Crippen molar-refractivity contribution in [3.8, 4) is 11.1 Å². The number of nitrogens with zero attached hydrogens (tertiary/aromatic N) is 1. The van der Waals surface area contributed by atoms with Crippen molar-refractivity contribution in [3.05, 3.63) is 120 Å². The van der Waals surface area contributed by atoms with Gasteiger partial charge in [-0.1, -0.05) is 60.7 Å². The molecule has 210 valence electrons. The second-order valence-electron chi connectivity index (χ2n) is 10.1. The molecule has 0 aromatic heterocycles. The molecule has 0 spiro atoms. The molecule has 1 fully saturated rings. The van der Waals surface area contributed by atoms with Gasteiger partial charge < -0.3 is 20.3 Å². The number of halogens is 3. The van der Waals surface area contributed by atoms with Crippen LogP contribution in [-0.4, -0.2) is 31.3 Å². The third kappa shape index (κ3) is 6.84. The zero-order valence-electron chi connectivity index (χ0n) is 22.3. The average molecular weight is 558 g/mol. The van der Waals surface area contributed by atoms with Gasteiger partial charge >= 0.3 is 6.18 Å². The maximum absolute atomic E-state index is 13.1. The number of carbonyl (C=O) groups is 2. The lowest BCUT2D eigenvalue weighted by Crippen LogP contribution is -2.44. The lowest BCUT2D eigenvalue weighted by molar-refractivity contribution is -0.137. The van der Waals surface area contributed by atoms with Crippen LogP contribution in [0.25, 0.3) is 11.1 Å². The first-order chi connectivity index (χ1) is 19.8. The Labute approximate surface area is 237 Å². The van der Waals surface area contributed by atoms with E-state index in [1.807, 2.05) is 54.6 Å². The Hall–Kier alpha value is -4.43. The Balaban J connectivity index is 1.19. The van der Waals surface area contributed by atoms with Gasteiger partial charge in [-0.15, -0.1) is 0 Å². The van der Waals surface area contributed by atoms with Crippen molar-refractivity contribution in [2.75, 3.05) is 23.3 Å². The third-order valence-electron chi connectivity index (χ3n) is 7.39. The first-order valence-electron chi connectivity index (χ1n) is 13.5. The van der Waals surface area contributed by atoms with E-state index in [2.05, 4.69) is 15.5 Å². The van der Waals surface area contributed by atoms with Crippen LogP contribution < -0.4 is 15.5 Å². The molecule has 5 rings (SSSR count). The van der Waals surface area contributed by atoms with Gasteiger partial charge in [-0.25, -0.2) is 0 Å². The van der Waals surface area contributed by atoms with Crippen LogP contribution in [0.1, 0.15) is 40.4 Å². The lowest BCUT2D eigenvalue weighted by atomic mass is 9.98. The predicted molar refractivity (Wildman–Crippen MR) is 155 cm³/mol. The zero-order valence-corrected chi connectivity index (χ0v) is 22.3. The minimum Gasteiger partial charge on any atom is -0.371 e. The highest BCUT2D eigenvalue weighted by Gasteiger charge is 2.30. The van der Waals surface area contributed by atoms with Crippen LogP contribution in [0.4, 0.5) is 24.5 Å². The molecule has 0 saturated carbocycles. The van der Waals surface area contributed by atoms with Gasteiger partial charge in [0.05, 0.1) is 11.6 Å².